The van der Waals surface area contributed by atoms with E-state index in [2.05, 4.69) is 5.32 Å². The minimum absolute atomic E-state index is 0. The lowest BCUT2D eigenvalue weighted by molar-refractivity contribution is -0.385. The van der Waals surface area contributed by atoms with Gasteiger partial charge in [-0.2, -0.15) is 0 Å². The van der Waals surface area contributed by atoms with Crippen LogP contribution in [0.3, 0.4) is 0 Å². The normalized spacial score (nSPS) is 11.3. The van der Waals surface area contributed by atoms with Crippen LogP contribution in [0.2, 0.25) is 0 Å². The molecule has 1 atom stereocenters. The Morgan fingerprint density at radius 2 is 2.17 bits per heavy atom. The van der Waals surface area contributed by atoms with Gasteiger partial charge < -0.3 is 11.1 Å². The second-order valence-corrected chi connectivity index (χ2v) is 3.82. The van der Waals surface area contributed by atoms with Crippen LogP contribution in [-0.4, -0.2) is 23.4 Å². The van der Waals surface area contributed by atoms with Gasteiger partial charge in [0.25, 0.3) is 11.6 Å². The number of benzene rings is 1. The summed E-state index contributed by atoms with van der Waals surface area (Å²) in [5.74, 6) is -0.343. The maximum absolute atomic E-state index is 11.8. The van der Waals surface area contributed by atoms with Crippen LogP contribution >= 0.6 is 12.4 Å². The zero-order chi connectivity index (χ0) is 13.0. The minimum atomic E-state index is -0.502. The number of nitro benzene ring substituents is 1. The number of hydrogen-bond acceptors (Lipinski definition) is 4. The molecular weight excluding hydrogens is 258 g/mol. The molecule has 0 fully saturated rings. The number of amides is 1. The summed E-state index contributed by atoms with van der Waals surface area (Å²) < 4.78 is 0. The molecule has 1 rings (SSSR count). The number of nitrogens with zero attached hydrogens (tertiary/aromatic N) is 1. The summed E-state index contributed by atoms with van der Waals surface area (Å²) in [5, 5.41) is 13.4. The third-order valence-electron chi connectivity index (χ3n) is 2.48. The lowest BCUT2D eigenvalue weighted by atomic mass is 10.1. The van der Waals surface area contributed by atoms with Crippen molar-refractivity contribution in [2.24, 2.45) is 5.73 Å². The second kappa shape index (κ2) is 6.93. The van der Waals surface area contributed by atoms with Crippen molar-refractivity contribution < 1.29 is 9.72 Å². The smallest absolute Gasteiger partial charge is 0.273 e. The lowest BCUT2D eigenvalue weighted by Crippen LogP contribution is -2.38. The zero-order valence-corrected chi connectivity index (χ0v) is 11.0. The van der Waals surface area contributed by atoms with E-state index >= 15 is 0 Å². The standard InChI is InChI=1S/C11H15N3O3.ClH/c1-7(6-12)13-11(15)9-4-3-5-10(8(9)2)14(16)17;/h3-5,7H,6,12H2,1-2H3,(H,13,15);1H/t7-;/m1./s1. The van der Waals surface area contributed by atoms with E-state index in [9.17, 15) is 14.9 Å². The van der Waals surface area contributed by atoms with Crippen molar-refractivity contribution in [1.82, 2.24) is 5.32 Å². The molecule has 0 heterocycles. The number of rotatable bonds is 4. The maximum atomic E-state index is 11.8. The number of hydrogen-bond donors (Lipinski definition) is 2. The third-order valence-corrected chi connectivity index (χ3v) is 2.48. The van der Waals surface area contributed by atoms with Crippen molar-refractivity contribution in [1.29, 1.82) is 0 Å². The van der Waals surface area contributed by atoms with Crippen molar-refractivity contribution in [3.8, 4) is 0 Å². The topological polar surface area (TPSA) is 98.3 Å². The third kappa shape index (κ3) is 3.68. The van der Waals surface area contributed by atoms with Crippen LogP contribution in [0.1, 0.15) is 22.8 Å². The molecule has 100 valence electrons. The molecule has 0 saturated heterocycles. The highest BCUT2D eigenvalue weighted by atomic mass is 35.5. The minimum Gasteiger partial charge on any atom is -0.348 e. The molecule has 1 amide bonds. The maximum Gasteiger partial charge on any atom is 0.273 e. The molecule has 0 aliphatic carbocycles. The van der Waals surface area contributed by atoms with Gasteiger partial charge in [-0.1, -0.05) is 6.07 Å². The first-order valence-electron chi connectivity index (χ1n) is 5.22. The quantitative estimate of drug-likeness (QED) is 0.640. The van der Waals surface area contributed by atoms with Crippen molar-refractivity contribution in [2.45, 2.75) is 19.9 Å². The van der Waals surface area contributed by atoms with Gasteiger partial charge in [0.1, 0.15) is 0 Å². The summed E-state index contributed by atoms with van der Waals surface area (Å²) in [5.41, 5.74) is 6.00. The van der Waals surface area contributed by atoms with Gasteiger partial charge >= 0.3 is 0 Å². The van der Waals surface area contributed by atoms with Crippen LogP contribution in [0.15, 0.2) is 18.2 Å². The Kier molecular flexibility index (Phi) is 6.29. The van der Waals surface area contributed by atoms with E-state index in [0.717, 1.165) is 0 Å². The molecule has 0 radical (unpaired) electrons. The van der Waals surface area contributed by atoms with Gasteiger partial charge in [0, 0.05) is 29.8 Å². The van der Waals surface area contributed by atoms with Gasteiger partial charge in [0.05, 0.1) is 4.92 Å². The second-order valence-electron chi connectivity index (χ2n) is 3.82. The summed E-state index contributed by atoms with van der Waals surface area (Å²) in [4.78, 5) is 22.0. The lowest BCUT2D eigenvalue weighted by Gasteiger charge is -2.12. The molecule has 18 heavy (non-hydrogen) atoms. The van der Waals surface area contributed by atoms with E-state index in [1.165, 1.54) is 12.1 Å². The number of nitro groups is 1. The number of halogens is 1. The number of carbonyl (C=O) groups is 1. The molecular formula is C11H16ClN3O3. The van der Waals surface area contributed by atoms with E-state index in [-0.39, 0.29) is 30.0 Å². The van der Waals surface area contributed by atoms with Gasteiger partial charge in [-0.25, -0.2) is 0 Å². The van der Waals surface area contributed by atoms with Crippen LogP contribution in [0.5, 0.6) is 0 Å². The predicted octanol–water partition coefficient (Wildman–Crippen LogP) is 1.40. The van der Waals surface area contributed by atoms with Crippen LogP contribution in [0.4, 0.5) is 5.69 Å². The molecule has 0 spiro atoms. The van der Waals surface area contributed by atoms with Crippen molar-refractivity contribution in [3.63, 3.8) is 0 Å². The number of nitrogens with two attached hydrogens (primary N) is 1. The molecule has 0 aliphatic heterocycles. The van der Waals surface area contributed by atoms with Crippen LogP contribution in [-0.2, 0) is 0 Å². The highest BCUT2D eigenvalue weighted by molar-refractivity contribution is 5.96. The molecule has 6 nitrogen and oxygen atoms in total. The van der Waals surface area contributed by atoms with E-state index in [1.807, 2.05) is 0 Å². The molecule has 3 N–H and O–H groups in total. The Balaban J connectivity index is 0.00000289. The first-order chi connectivity index (χ1) is 7.97. The van der Waals surface area contributed by atoms with E-state index < -0.39 is 4.92 Å². The fourth-order valence-corrected chi connectivity index (χ4v) is 1.43. The highest BCUT2D eigenvalue weighted by Gasteiger charge is 2.18. The summed E-state index contributed by atoms with van der Waals surface area (Å²) in [6.07, 6.45) is 0. The Bertz CT molecular complexity index is 451. The Morgan fingerprint density at radius 3 is 2.67 bits per heavy atom. The largest absolute Gasteiger partial charge is 0.348 e. The van der Waals surface area contributed by atoms with Gasteiger partial charge in [-0.15, -0.1) is 12.4 Å². The molecule has 0 unspecified atom stereocenters. The van der Waals surface area contributed by atoms with Crippen molar-refractivity contribution in [3.05, 3.63) is 39.4 Å². The molecule has 0 aliphatic rings. The van der Waals surface area contributed by atoms with Crippen LogP contribution in [0.25, 0.3) is 0 Å². The van der Waals surface area contributed by atoms with Crippen molar-refractivity contribution in [2.75, 3.05) is 6.54 Å². The average molecular weight is 274 g/mol. The fraction of sp³-hybridized carbons (Fsp3) is 0.364. The Morgan fingerprint density at radius 1 is 1.56 bits per heavy atom. The highest BCUT2D eigenvalue weighted by Crippen LogP contribution is 2.20. The number of carbonyl (C=O) groups excluding carboxylic acids is 1. The predicted molar refractivity (Wildman–Crippen MR) is 71.1 cm³/mol. The van der Waals surface area contributed by atoms with E-state index in [4.69, 9.17) is 5.73 Å². The van der Waals surface area contributed by atoms with Crippen molar-refractivity contribution >= 4 is 24.0 Å². The molecule has 0 aromatic heterocycles. The van der Waals surface area contributed by atoms with Gasteiger partial charge in [-0.3, -0.25) is 14.9 Å². The first kappa shape index (κ1) is 16.3. The SMILES string of the molecule is Cc1c(C(=O)N[C@H](C)CN)cccc1[N+](=O)[O-].Cl. The molecule has 0 saturated carbocycles. The van der Waals surface area contributed by atoms with Gasteiger partial charge in [0.15, 0.2) is 0 Å². The average Bonchev–Trinajstić information content (AvgIpc) is 2.28. The van der Waals surface area contributed by atoms with E-state index in [1.54, 1.807) is 19.9 Å². The Labute approximate surface area is 111 Å². The Hall–Kier alpha value is -1.66. The first-order valence-corrected chi connectivity index (χ1v) is 5.22. The monoisotopic (exact) mass is 273 g/mol. The summed E-state index contributed by atoms with van der Waals surface area (Å²) in [7, 11) is 0. The number of nitrogens with one attached hydrogen (secondary N) is 1. The molecule has 0 bridgehead atoms. The summed E-state index contributed by atoms with van der Waals surface area (Å²) in [6, 6.07) is 4.26. The zero-order valence-electron chi connectivity index (χ0n) is 10.2. The van der Waals surface area contributed by atoms with Crippen LogP contribution in [0, 0.1) is 17.0 Å². The van der Waals surface area contributed by atoms with Gasteiger partial charge in [0.2, 0.25) is 0 Å². The van der Waals surface area contributed by atoms with Crippen LogP contribution < -0.4 is 11.1 Å². The fourth-order valence-electron chi connectivity index (χ4n) is 1.43. The summed E-state index contributed by atoms with van der Waals surface area (Å²) in [6.45, 7) is 3.64. The molecule has 1 aromatic rings. The molecule has 1 aromatic carbocycles. The summed E-state index contributed by atoms with van der Waals surface area (Å²) >= 11 is 0. The van der Waals surface area contributed by atoms with Gasteiger partial charge in [-0.05, 0) is 19.9 Å². The molecule has 7 heteroatoms. The van der Waals surface area contributed by atoms with E-state index in [0.29, 0.717) is 17.7 Å².